The summed E-state index contributed by atoms with van der Waals surface area (Å²) in [7, 11) is 1.40. The largest absolute Gasteiger partial charge is 0.495 e. The molecular formula is C12H13ClN2O6. The molecule has 114 valence electrons. The third-order valence-corrected chi connectivity index (χ3v) is 2.70. The predicted octanol–water partition coefficient (Wildman–Crippen LogP) is 1.40. The summed E-state index contributed by atoms with van der Waals surface area (Å²) in [6, 6.07) is 2.03. The molecule has 0 saturated carbocycles. The number of amides is 2. The second kappa shape index (κ2) is 7.34. The van der Waals surface area contributed by atoms with Crippen molar-refractivity contribution in [2.45, 2.75) is 12.5 Å². The van der Waals surface area contributed by atoms with Crippen LogP contribution in [0.3, 0.4) is 0 Å². The van der Waals surface area contributed by atoms with Crippen molar-refractivity contribution in [3.05, 3.63) is 23.2 Å². The van der Waals surface area contributed by atoms with Gasteiger partial charge in [0.25, 0.3) is 0 Å². The van der Waals surface area contributed by atoms with Crippen LogP contribution in [0, 0.1) is 0 Å². The SMILES string of the molecule is COc1cc(NC(=O)N[C@H](CC(=O)O)C(=O)O)ccc1Cl. The molecule has 0 saturated heterocycles. The summed E-state index contributed by atoms with van der Waals surface area (Å²) in [4.78, 5) is 33.0. The number of urea groups is 1. The molecule has 0 aliphatic carbocycles. The average molecular weight is 317 g/mol. The lowest BCUT2D eigenvalue weighted by Gasteiger charge is -2.14. The number of carboxylic acids is 2. The molecule has 1 atom stereocenters. The van der Waals surface area contributed by atoms with Crippen LogP contribution in [-0.2, 0) is 9.59 Å². The normalized spacial score (nSPS) is 11.3. The number of carboxylic acid groups (broad SMARTS) is 2. The van der Waals surface area contributed by atoms with Gasteiger partial charge in [-0.15, -0.1) is 0 Å². The van der Waals surface area contributed by atoms with E-state index >= 15 is 0 Å². The summed E-state index contributed by atoms with van der Waals surface area (Å²) in [5, 5.41) is 22.1. The Hall–Kier alpha value is -2.48. The van der Waals surface area contributed by atoms with Crippen molar-refractivity contribution in [3.63, 3.8) is 0 Å². The van der Waals surface area contributed by atoms with Crippen molar-refractivity contribution in [1.29, 1.82) is 0 Å². The fraction of sp³-hybridized carbons (Fsp3) is 0.250. The van der Waals surface area contributed by atoms with Crippen molar-refractivity contribution in [3.8, 4) is 5.75 Å². The van der Waals surface area contributed by atoms with E-state index in [1.807, 2.05) is 5.32 Å². The van der Waals surface area contributed by atoms with Crippen LogP contribution in [0.25, 0.3) is 0 Å². The predicted molar refractivity (Wildman–Crippen MR) is 73.8 cm³/mol. The molecule has 9 heteroatoms. The van der Waals surface area contributed by atoms with Gasteiger partial charge in [0, 0.05) is 11.8 Å². The van der Waals surface area contributed by atoms with E-state index in [-0.39, 0.29) is 0 Å². The Morgan fingerprint density at radius 2 is 2.00 bits per heavy atom. The van der Waals surface area contributed by atoms with Gasteiger partial charge in [0.1, 0.15) is 11.8 Å². The highest BCUT2D eigenvalue weighted by Crippen LogP contribution is 2.27. The van der Waals surface area contributed by atoms with E-state index in [9.17, 15) is 14.4 Å². The third-order valence-electron chi connectivity index (χ3n) is 2.39. The van der Waals surface area contributed by atoms with Crippen LogP contribution in [0.15, 0.2) is 18.2 Å². The van der Waals surface area contributed by atoms with Gasteiger partial charge in [-0.3, -0.25) is 4.79 Å². The minimum Gasteiger partial charge on any atom is -0.495 e. The molecule has 0 aromatic heterocycles. The summed E-state index contributed by atoms with van der Waals surface area (Å²) in [6.07, 6.45) is -0.729. The Morgan fingerprint density at radius 3 is 2.52 bits per heavy atom. The van der Waals surface area contributed by atoms with Crippen LogP contribution in [0.1, 0.15) is 6.42 Å². The second-order valence-electron chi connectivity index (χ2n) is 3.94. The van der Waals surface area contributed by atoms with E-state index in [1.54, 1.807) is 0 Å². The first-order valence-electron chi connectivity index (χ1n) is 5.69. The monoisotopic (exact) mass is 316 g/mol. The van der Waals surface area contributed by atoms with Crippen molar-refractivity contribution in [2.75, 3.05) is 12.4 Å². The number of hydrogen-bond acceptors (Lipinski definition) is 4. The van der Waals surface area contributed by atoms with Crippen LogP contribution < -0.4 is 15.4 Å². The maximum Gasteiger partial charge on any atom is 0.326 e. The van der Waals surface area contributed by atoms with Crippen molar-refractivity contribution < 1.29 is 29.3 Å². The summed E-state index contributed by atoms with van der Waals surface area (Å²) >= 11 is 5.82. The molecule has 0 heterocycles. The summed E-state index contributed by atoms with van der Waals surface area (Å²) < 4.78 is 4.96. The van der Waals surface area contributed by atoms with Crippen LogP contribution in [0.5, 0.6) is 5.75 Å². The average Bonchev–Trinajstić information content (AvgIpc) is 2.39. The van der Waals surface area contributed by atoms with E-state index < -0.39 is 30.4 Å². The van der Waals surface area contributed by atoms with E-state index in [0.29, 0.717) is 16.5 Å². The summed E-state index contributed by atoms with van der Waals surface area (Å²) in [6.45, 7) is 0. The van der Waals surface area contributed by atoms with Gasteiger partial charge in [0.2, 0.25) is 0 Å². The number of carbonyl (C=O) groups excluding carboxylic acids is 1. The molecule has 0 radical (unpaired) electrons. The maximum atomic E-state index is 11.6. The molecule has 0 unspecified atom stereocenters. The topological polar surface area (TPSA) is 125 Å². The van der Waals surface area contributed by atoms with Crippen molar-refractivity contribution in [1.82, 2.24) is 5.32 Å². The first kappa shape index (κ1) is 16.6. The van der Waals surface area contributed by atoms with Gasteiger partial charge < -0.3 is 25.6 Å². The van der Waals surface area contributed by atoms with E-state index in [4.69, 9.17) is 26.6 Å². The van der Waals surface area contributed by atoms with Gasteiger partial charge in [-0.25, -0.2) is 9.59 Å². The number of aliphatic carboxylic acids is 2. The molecule has 0 aliphatic rings. The number of halogens is 1. The molecule has 1 aromatic rings. The molecule has 2 amide bonds. The zero-order chi connectivity index (χ0) is 16.0. The van der Waals surface area contributed by atoms with E-state index in [0.717, 1.165) is 0 Å². The summed E-state index contributed by atoms with van der Waals surface area (Å²) in [5.74, 6) is -2.45. The van der Waals surface area contributed by atoms with Gasteiger partial charge in [-0.05, 0) is 12.1 Å². The molecule has 8 nitrogen and oxygen atoms in total. The Bertz CT molecular complexity index is 563. The van der Waals surface area contributed by atoms with Crippen LogP contribution in [-0.4, -0.2) is 41.3 Å². The summed E-state index contributed by atoms with van der Waals surface area (Å²) in [5.41, 5.74) is 0.313. The highest BCUT2D eigenvalue weighted by Gasteiger charge is 2.23. The van der Waals surface area contributed by atoms with Gasteiger partial charge >= 0.3 is 18.0 Å². The molecule has 1 aromatic carbocycles. The molecule has 0 spiro atoms. The van der Waals surface area contributed by atoms with E-state index in [2.05, 4.69) is 5.32 Å². The first-order chi connectivity index (χ1) is 9.83. The third kappa shape index (κ3) is 5.19. The van der Waals surface area contributed by atoms with Crippen LogP contribution in [0.2, 0.25) is 5.02 Å². The van der Waals surface area contributed by atoms with Gasteiger partial charge in [-0.1, -0.05) is 11.6 Å². The quantitative estimate of drug-likeness (QED) is 0.628. The number of methoxy groups -OCH3 is 1. The van der Waals surface area contributed by atoms with Crippen LogP contribution in [0.4, 0.5) is 10.5 Å². The zero-order valence-electron chi connectivity index (χ0n) is 10.9. The zero-order valence-corrected chi connectivity index (χ0v) is 11.7. The first-order valence-corrected chi connectivity index (χ1v) is 6.07. The molecule has 21 heavy (non-hydrogen) atoms. The molecular weight excluding hydrogens is 304 g/mol. The minimum atomic E-state index is -1.53. The lowest BCUT2D eigenvalue weighted by Crippen LogP contribution is -2.44. The Balaban J connectivity index is 2.72. The van der Waals surface area contributed by atoms with Crippen molar-refractivity contribution in [2.24, 2.45) is 0 Å². The maximum absolute atomic E-state index is 11.6. The smallest absolute Gasteiger partial charge is 0.326 e. The Morgan fingerprint density at radius 1 is 1.33 bits per heavy atom. The highest BCUT2D eigenvalue weighted by molar-refractivity contribution is 6.32. The molecule has 4 N–H and O–H groups in total. The lowest BCUT2D eigenvalue weighted by molar-refractivity contribution is -0.145. The number of rotatable bonds is 6. The lowest BCUT2D eigenvalue weighted by atomic mass is 10.2. The molecule has 1 rings (SSSR count). The highest BCUT2D eigenvalue weighted by atomic mass is 35.5. The fourth-order valence-corrected chi connectivity index (χ4v) is 1.63. The van der Waals surface area contributed by atoms with E-state index in [1.165, 1.54) is 25.3 Å². The number of nitrogens with one attached hydrogen (secondary N) is 2. The van der Waals surface area contributed by atoms with Gasteiger partial charge in [0.05, 0.1) is 18.6 Å². The second-order valence-corrected chi connectivity index (χ2v) is 4.34. The van der Waals surface area contributed by atoms with Crippen molar-refractivity contribution >= 4 is 35.3 Å². The standard InChI is InChI=1S/C12H13ClN2O6/c1-21-9-4-6(2-3-7(9)13)14-12(20)15-8(11(18)19)5-10(16)17/h2-4,8H,5H2,1H3,(H,16,17)(H,18,19)(H2,14,15,20)/t8-/m1/s1. The van der Waals surface area contributed by atoms with Gasteiger partial charge in [-0.2, -0.15) is 0 Å². The number of benzene rings is 1. The molecule has 0 aliphatic heterocycles. The number of hydrogen-bond donors (Lipinski definition) is 4. The van der Waals surface area contributed by atoms with Gasteiger partial charge in [0.15, 0.2) is 0 Å². The minimum absolute atomic E-state index is 0.313. The number of anilines is 1. The molecule has 0 fully saturated rings. The Labute approximate surface area is 124 Å². The fourth-order valence-electron chi connectivity index (χ4n) is 1.44. The number of ether oxygens (including phenoxy) is 1. The molecule has 0 bridgehead atoms. The van der Waals surface area contributed by atoms with Crippen LogP contribution >= 0.6 is 11.6 Å². The number of carbonyl (C=O) groups is 3. The Kier molecular flexibility index (Phi) is 5.79.